The van der Waals surface area contributed by atoms with Crippen LogP contribution in [-0.2, 0) is 0 Å². The molecule has 15 heavy (non-hydrogen) atoms. The molecular formula is C13H14N2. The highest BCUT2D eigenvalue weighted by molar-refractivity contribution is 5.78. The van der Waals surface area contributed by atoms with E-state index < -0.39 is 0 Å². The minimum Gasteiger partial charge on any atom is -0.322 e. The number of nitrogens with zero attached hydrogens (tertiary/aromatic N) is 1. The number of pyridine rings is 1. The van der Waals surface area contributed by atoms with Crippen LogP contribution in [0.3, 0.4) is 0 Å². The molecule has 0 radical (unpaired) electrons. The van der Waals surface area contributed by atoms with Gasteiger partial charge >= 0.3 is 0 Å². The van der Waals surface area contributed by atoms with Gasteiger partial charge in [-0.15, -0.1) is 6.58 Å². The van der Waals surface area contributed by atoms with Crippen LogP contribution >= 0.6 is 0 Å². The number of rotatable bonds is 3. The van der Waals surface area contributed by atoms with Crippen molar-refractivity contribution in [1.82, 2.24) is 4.98 Å². The van der Waals surface area contributed by atoms with Crippen LogP contribution in [-0.4, -0.2) is 4.98 Å². The van der Waals surface area contributed by atoms with E-state index in [-0.39, 0.29) is 6.04 Å². The lowest BCUT2D eigenvalue weighted by atomic mass is 10.1. The summed E-state index contributed by atoms with van der Waals surface area (Å²) < 4.78 is 0. The Morgan fingerprint density at radius 1 is 1.27 bits per heavy atom. The summed E-state index contributed by atoms with van der Waals surface area (Å²) in [5.74, 6) is 0. The maximum atomic E-state index is 5.96. The molecule has 1 atom stereocenters. The fourth-order valence-corrected chi connectivity index (χ4v) is 1.59. The third kappa shape index (κ3) is 2.05. The van der Waals surface area contributed by atoms with Gasteiger partial charge in [0, 0.05) is 5.39 Å². The van der Waals surface area contributed by atoms with Crippen molar-refractivity contribution in [2.45, 2.75) is 12.5 Å². The number of hydrogen-bond acceptors (Lipinski definition) is 2. The lowest BCUT2D eigenvalue weighted by Crippen LogP contribution is -2.10. The standard InChI is InChI=1S/C13H14N2/c1-2-5-11(14)13-9-8-10-6-3-4-7-12(10)15-13/h2-4,6-9,11H,1,5,14H2/t11-/m1/s1. The van der Waals surface area contributed by atoms with Crippen molar-refractivity contribution in [3.63, 3.8) is 0 Å². The molecule has 0 unspecified atom stereocenters. The number of aromatic nitrogens is 1. The van der Waals surface area contributed by atoms with Crippen LogP contribution in [0.5, 0.6) is 0 Å². The quantitative estimate of drug-likeness (QED) is 0.770. The number of hydrogen-bond donors (Lipinski definition) is 1. The van der Waals surface area contributed by atoms with Crippen molar-refractivity contribution >= 4 is 10.9 Å². The van der Waals surface area contributed by atoms with Gasteiger partial charge in [0.25, 0.3) is 0 Å². The highest BCUT2D eigenvalue weighted by Gasteiger charge is 2.05. The molecule has 2 nitrogen and oxygen atoms in total. The molecule has 0 saturated heterocycles. The molecule has 0 spiro atoms. The van der Waals surface area contributed by atoms with E-state index in [0.29, 0.717) is 0 Å². The van der Waals surface area contributed by atoms with Gasteiger partial charge in [0.15, 0.2) is 0 Å². The fourth-order valence-electron chi connectivity index (χ4n) is 1.59. The highest BCUT2D eigenvalue weighted by atomic mass is 14.8. The van der Waals surface area contributed by atoms with Gasteiger partial charge in [-0.3, -0.25) is 4.98 Å². The maximum absolute atomic E-state index is 5.96. The molecule has 0 amide bonds. The minimum absolute atomic E-state index is 0.0490. The topological polar surface area (TPSA) is 38.9 Å². The van der Waals surface area contributed by atoms with Crippen molar-refractivity contribution < 1.29 is 0 Å². The molecule has 2 rings (SSSR count). The summed E-state index contributed by atoms with van der Waals surface area (Å²) in [5.41, 5.74) is 7.88. The lowest BCUT2D eigenvalue weighted by Gasteiger charge is -2.08. The van der Waals surface area contributed by atoms with Gasteiger partial charge in [-0.25, -0.2) is 0 Å². The van der Waals surface area contributed by atoms with Gasteiger partial charge in [-0.2, -0.15) is 0 Å². The number of benzene rings is 1. The van der Waals surface area contributed by atoms with E-state index in [0.717, 1.165) is 23.0 Å². The van der Waals surface area contributed by atoms with Crippen LogP contribution in [0.1, 0.15) is 18.2 Å². The molecule has 76 valence electrons. The average molecular weight is 198 g/mol. The Labute approximate surface area is 89.4 Å². The van der Waals surface area contributed by atoms with Crippen molar-refractivity contribution in [2.75, 3.05) is 0 Å². The number of fused-ring (bicyclic) bond motifs is 1. The van der Waals surface area contributed by atoms with Gasteiger partial charge in [0.2, 0.25) is 0 Å². The first-order valence-electron chi connectivity index (χ1n) is 5.03. The zero-order chi connectivity index (χ0) is 10.7. The lowest BCUT2D eigenvalue weighted by molar-refractivity contribution is 0.718. The van der Waals surface area contributed by atoms with E-state index in [2.05, 4.69) is 17.6 Å². The van der Waals surface area contributed by atoms with Crippen LogP contribution in [0, 0.1) is 0 Å². The van der Waals surface area contributed by atoms with Gasteiger partial charge in [0.05, 0.1) is 17.3 Å². The van der Waals surface area contributed by atoms with E-state index in [4.69, 9.17) is 5.73 Å². The summed E-state index contributed by atoms with van der Waals surface area (Å²) in [7, 11) is 0. The third-order valence-corrected chi connectivity index (χ3v) is 2.42. The van der Waals surface area contributed by atoms with Crippen molar-refractivity contribution in [3.05, 3.63) is 54.7 Å². The predicted octanol–water partition coefficient (Wildman–Crippen LogP) is 2.81. The summed E-state index contributed by atoms with van der Waals surface area (Å²) >= 11 is 0. The van der Waals surface area contributed by atoms with E-state index in [1.807, 2.05) is 36.4 Å². The number of para-hydroxylation sites is 1. The molecule has 0 bridgehead atoms. The zero-order valence-electron chi connectivity index (χ0n) is 8.56. The van der Waals surface area contributed by atoms with Gasteiger partial charge in [-0.05, 0) is 18.6 Å². The van der Waals surface area contributed by atoms with E-state index >= 15 is 0 Å². The van der Waals surface area contributed by atoms with Gasteiger partial charge < -0.3 is 5.73 Å². The second-order valence-electron chi connectivity index (χ2n) is 3.56. The number of nitrogens with two attached hydrogens (primary N) is 1. The predicted molar refractivity (Wildman–Crippen MR) is 63.5 cm³/mol. The summed E-state index contributed by atoms with van der Waals surface area (Å²) in [6.07, 6.45) is 2.58. The molecule has 0 aliphatic rings. The Morgan fingerprint density at radius 2 is 2.07 bits per heavy atom. The molecule has 1 aromatic heterocycles. The Kier molecular flexibility index (Phi) is 2.79. The molecule has 1 heterocycles. The first-order chi connectivity index (χ1) is 7.31. The van der Waals surface area contributed by atoms with Crippen LogP contribution in [0.2, 0.25) is 0 Å². The SMILES string of the molecule is C=CC[C@@H](N)c1ccc2ccccc2n1. The Hall–Kier alpha value is -1.67. The largest absolute Gasteiger partial charge is 0.322 e. The summed E-state index contributed by atoms with van der Waals surface area (Å²) in [4.78, 5) is 4.52. The molecule has 2 aromatic rings. The van der Waals surface area contributed by atoms with E-state index in [9.17, 15) is 0 Å². The molecule has 0 fully saturated rings. The van der Waals surface area contributed by atoms with E-state index in [1.165, 1.54) is 0 Å². The van der Waals surface area contributed by atoms with Crippen LogP contribution in [0.15, 0.2) is 49.1 Å². The Balaban J connectivity index is 2.42. The zero-order valence-corrected chi connectivity index (χ0v) is 8.56. The van der Waals surface area contributed by atoms with Crippen molar-refractivity contribution in [1.29, 1.82) is 0 Å². The van der Waals surface area contributed by atoms with Crippen molar-refractivity contribution in [3.8, 4) is 0 Å². The van der Waals surface area contributed by atoms with Crippen LogP contribution < -0.4 is 5.73 Å². The third-order valence-electron chi connectivity index (χ3n) is 2.42. The molecule has 1 aromatic carbocycles. The normalized spacial score (nSPS) is 12.6. The molecule has 0 aliphatic heterocycles. The molecule has 0 aliphatic carbocycles. The smallest absolute Gasteiger partial charge is 0.0706 e. The first kappa shape index (κ1) is 9.87. The Morgan fingerprint density at radius 3 is 2.87 bits per heavy atom. The van der Waals surface area contributed by atoms with E-state index in [1.54, 1.807) is 0 Å². The molecule has 0 saturated carbocycles. The maximum Gasteiger partial charge on any atom is 0.0706 e. The average Bonchev–Trinajstić information content (AvgIpc) is 2.29. The summed E-state index contributed by atoms with van der Waals surface area (Å²) in [5, 5.41) is 1.15. The molecular weight excluding hydrogens is 184 g/mol. The van der Waals surface area contributed by atoms with Gasteiger partial charge in [0.1, 0.15) is 0 Å². The Bertz CT molecular complexity index is 477. The minimum atomic E-state index is -0.0490. The molecule has 2 N–H and O–H groups in total. The second kappa shape index (κ2) is 4.24. The second-order valence-corrected chi connectivity index (χ2v) is 3.56. The summed E-state index contributed by atoms with van der Waals surface area (Å²) in [6, 6.07) is 12.0. The first-order valence-corrected chi connectivity index (χ1v) is 5.03. The van der Waals surface area contributed by atoms with Crippen LogP contribution in [0.25, 0.3) is 10.9 Å². The summed E-state index contributed by atoms with van der Waals surface area (Å²) in [6.45, 7) is 3.68. The van der Waals surface area contributed by atoms with Crippen LogP contribution in [0.4, 0.5) is 0 Å². The highest BCUT2D eigenvalue weighted by Crippen LogP contribution is 2.17. The van der Waals surface area contributed by atoms with Gasteiger partial charge in [-0.1, -0.05) is 30.3 Å². The monoisotopic (exact) mass is 198 g/mol. The van der Waals surface area contributed by atoms with Crippen molar-refractivity contribution in [2.24, 2.45) is 5.73 Å². The molecule has 2 heteroatoms. The fraction of sp³-hybridized carbons (Fsp3) is 0.154.